The fourth-order valence-corrected chi connectivity index (χ4v) is 1.46. The van der Waals surface area contributed by atoms with Gasteiger partial charge >= 0.3 is 11.8 Å². The van der Waals surface area contributed by atoms with E-state index in [1.165, 1.54) is 12.1 Å². The molecule has 0 aliphatic heterocycles. The van der Waals surface area contributed by atoms with Crippen LogP contribution >= 0.6 is 0 Å². The third-order valence-corrected chi connectivity index (χ3v) is 2.37. The lowest BCUT2D eigenvalue weighted by Gasteiger charge is -2.19. The molecule has 19 heavy (non-hydrogen) atoms. The minimum atomic E-state index is -0.941. The Morgan fingerprint density at radius 3 is 2.21 bits per heavy atom. The number of hydrogen-bond acceptors (Lipinski definition) is 5. The Kier molecular flexibility index (Phi) is 5.77. The van der Waals surface area contributed by atoms with Crippen LogP contribution in [0.3, 0.4) is 0 Å². The predicted molar refractivity (Wildman–Crippen MR) is 67.5 cm³/mol. The number of rotatable bonds is 5. The summed E-state index contributed by atoms with van der Waals surface area (Å²) in [4.78, 5) is 24.5. The van der Waals surface area contributed by atoms with Crippen molar-refractivity contribution in [3.63, 3.8) is 0 Å². The first-order valence-corrected chi connectivity index (χ1v) is 5.70. The Morgan fingerprint density at radius 1 is 1.11 bits per heavy atom. The van der Waals surface area contributed by atoms with Crippen molar-refractivity contribution in [1.82, 2.24) is 4.90 Å². The maximum atomic E-state index is 11.7. The molecule has 1 rings (SSSR count). The molecule has 0 spiro atoms. The molecule has 0 saturated heterocycles. The van der Waals surface area contributed by atoms with Crippen LogP contribution < -0.4 is 5.32 Å². The average molecular weight is 268 g/mol. The zero-order valence-electron chi connectivity index (χ0n) is 10.2. The molecular formula is C12H16N2O5. The zero-order chi connectivity index (χ0) is 14.3. The SMILES string of the molecule is O=C(Nc1ccccc1O)C(=O)N(CCO)CCO. The van der Waals surface area contributed by atoms with Gasteiger partial charge in [0.15, 0.2) is 0 Å². The fraction of sp³-hybridized carbons (Fsp3) is 0.333. The van der Waals surface area contributed by atoms with Crippen LogP contribution in [0.4, 0.5) is 5.69 Å². The van der Waals surface area contributed by atoms with E-state index >= 15 is 0 Å². The molecule has 0 saturated carbocycles. The first kappa shape index (κ1) is 14.9. The van der Waals surface area contributed by atoms with Crippen LogP contribution in [0.2, 0.25) is 0 Å². The first-order valence-electron chi connectivity index (χ1n) is 5.70. The smallest absolute Gasteiger partial charge is 0.314 e. The van der Waals surface area contributed by atoms with Gasteiger partial charge in [-0.1, -0.05) is 12.1 Å². The van der Waals surface area contributed by atoms with E-state index in [1.54, 1.807) is 12.1 Å². The molecule has 0 aliphatic carbocycles. The van der Waals surface area contributed by atoms with Gasteiger partial charge < -0.3 is 25.5 Å². The molecule has 7 nitrogen and oxygen atoms in total. The average Bonchev–Trinajstić information content (AvgIpc) is 2.40. The number of para-hydroxylation sites is 2. The second-order valence-electron chi connectivity index (χ2n) is 3.71. The van der Waals surface area contributed by atoms with Crippen molar-refractivity contribution in [3.05, 3.63) is 24.3 Å². The zero-order valence-corrected chi connectivity index (χ0v) is 10.2. The maximum Gasteiger partial charge on any atom is 0.314 e. The number of nitrogens with zero attached hydrogens (tertiary/aromatic N) is 1. The van der Waals surface area contributed by atoms with Crippen molar-refractivity contribution in [2.45, 2.75) is 0 Å². The molecule has 0 atom stereocenters. The van der Waals surface area contributed by atoms with Crippen LogP contribution in [0, 0.1) is 0 Å². The summed E-state index contributed by atoms with van der Waals surface area (Å²) in [5, 5.41) is 29.3. The molecule has 0 aliphatic rings. The topological polar surface area (TPSA) is 110 Å². The summed E-state index contributed by atoms with van der Waals surface area (Å²) >= 11 is 0. The highest BCUT2D eigenvalue weighted by Gasteiger charge is 2.21. The Bertz CT molecular complexity index is 444. The summed E-state index contributed by atoms with van der Waals surface area (Å²) in [5.41, 5.74) is 0.119. The lowest BCUT2D eigenvalue weighted by atomic mass is 10.3. The van der Waals surface area contributed by atoms with Gasteiger partial charge in [0.1, 0.15) is 5.75 Å². The van der Waals surface area contributed by atoms with Crippen LogP contribution in [0.5, 0.6) is 5.75 Å². The lowest BCUT2D eigenvalue weighted by Crippen LogP contribution is -2.42. The number of nitrogens with one attached hydrogen (secondary N) is 1. The standard InChI is InChI=1S/C12H16N2O5/c15-7-5-14(6-8-16)12(19)11(18)13-9-3-1-2-4-10(9)17/h1-4,15-17H,5-8H2,(H,13,18). The van der Waals surface area contributed by atoms with E-state index in [2.05, 4.69) is 5.32 Å². The monoisotopic (exact) mass is 268 g/mol. The third kappa shape index (κ3) is 4.23. The summed E-state index contributed by atoms with van der Waals surface area (Å²) in [5.74, 6) is -1.98. The number of benzene rings is 1. The molecule has 1 aromatic carbocycles. The van der Waals surface area contributed by atoms with E-state index < -0.39 is 11.8 Å². The van der Waals surface area contributed by atoms with Gasteiger partial charge in [0.05, 0.1) is 18.9 Å². The van der Waals surface area contributed by atoms with Crippen LogP contribution in [-0.2, 0) is 9.59 Å². The molecule has 0 aromatic heterocycles. The number of amides is 2. The normalized spacial score (nSPS) is 10.0. The van der Waals surface area contributed by atoms with Crippen LogP contribution in [0.1, 0.15) is 0 Å². The Balaban J connectivity index is 2.71. The molecule has 104 valence electrons. The number of phenols is 1. The highest BCUT2D eigenvalue weighted by molar-refractivity contribution is 6.39. The predicted octanol–water partition coefficient (Wildman–Crippen LogP) is -0.856. The van der Waals surface area contributed by atoms with E-state index in [-0.39, 0.29) is 37.7 Å². The Morgan fingerprint density at radius 2 is 1.68 bits per heavy atom. The minimum absolute atomic E-state index is 0.0480. The quantitative estimate of drug-likeness (QED) is 0.410. The van der Waals surface area contributed by atoms with Crippen molar-refractivity contribution in [2.75, 3.05) is 31.6 Å². The van der Waals surface area contributed by atoms with Crippen LogP contribution in [0.15, 0.2) is 24.3 Å². The number of aliphatic hydroxyl groups is 2. The number of aromatic hydroxyl groups is 1. The number of carbonyl (C=O) groups excluding carboxylic acids is 2. The minimum Gasteiger partial charge on any atom is -0.506 e. The number of aliphatic hydroxyl groups excluding tert-OH is 2. The summed E-state index contributed by atoms with van der Waals surface area (Å²) in [6, 6.07) is 6.00. The molecular weight excluding hydrogens is 252 g/mol. The van der Waals surface area contributed by atoms with Crippen molar-refractivity contribution in [1.29, 1.82) is 0 Å². The van der Waals surface area contributed by atoms with Gasteiger partial charge in [0, 0.05) is 13.1 Å². The largest absolute Gasteiger partial charge is 0.506 e. The van der Waals surface area contributed by atoms with Gasteiger partial charge in [-0.05, 0) is 12.1 Å². The third-order valence-electron chi connectivity index (χ3n) is 2.37. The van der Waals surface area contributed by atoms with Crippen LogP contribution in [-0.4, -0.2) is 58.3 Å². The second kappa shape index (κ2) is 7.34. The molecule has 4 N–H and O–H groups in total. The second-order valence-corrected chi connectivity index (χ2v) is 3.71. The van der Waals surface area contributed by atoms with E-state index in [0.717, 1.165) is 4.90 Å². The van der Waals surface area contributed by atoms with Gasteiger partial charge in [-0.25, -0.2) is 0 Å². The highest BCUT2D eigenvalue weighted by Crippen LogP contribution is 2.21. The first-order chi connectivity index (χ1) is 9.10. The molecule has 0 radical (unpaired) electrons. The molecule has 0 fully saturated rings. The number of phenolic OH excluding ortho intramolecular Hbond substituents is 1. The van der Waals surface area contributed by atoms with Crippen molar-refractivity contribution >= 4 is 17.5 Å². The van der Waals surface area contributed by atoms with Gasteiger partial charge in [0.25, 0.3) is 0 Å². The summed E-state index contributed by atoms with van der Waals surface area (Å²) in [7, 11) is 0. The maximum absolute atomic E-state index is 11.7. The summed E-state index contributed by atoms with van der Waals surface area (Å²) in [6.07, 6.45) is 0. The highest BCUT2D eigenvalue weighted by atomic mass is 16.3. The van der Waals surface area contributed by atoms with Gasteiger partial charge in [0.2, 0.25) is 0 Å². The molecule has 2 amide bonds. The molecule has 0 bridgehead atoms. The molecule has 0 heterocycles. The molecule has 0 unspecified atom stereocenters. The van der Waals surface area contributed by atoms with Crippen molar-refractivity contribution < 1.29 is 24.9 Å². The van der Waals surface area contributed by atoms with E-state index in [9.17, 15) is 14.7 Å². The molecule has 1 aromatic rings. The lowest BCUT2D eigenvalue weighted by molar-refractivity contribution is -0.143. The summed E-state index contributed by atoms with van der Waals surface area (Å²) in [6.45, 7) is -0.716. The number of hydrogen-bond donors (Lipinski definition) is 4. The van der Waals surface area contributed by atoms with E-state index in [4.69, 9.17) is 10.2 Å². The van der Waals surface area contributed by atoms with E-state index in [1.807, 2.05) is 0 Å². The van der Waals surface area contributed by atoms with Crippen LogP contribution in [0.25, 0.3) is 0 Å². The van der Waals surface area contributed by atoms with Crippen molar-refractivity contribution in [2.24, 2.45) is 0 Å². The Hall–Kier alpha value is -2.12. The Labute approximate surface area is 110 Å². The van der Waals surface area contributed by atoms with Gasteiger partial charge in [-0.3, -0.25) is 9.59 Å². The van der Waals surface area contributed by atoms with Gasteiger partial charge in [-0.2, -0.15) is 0 Å². The van der Waals surface area contributed by atoms with Crippen molar-refractivity contribution in [3.8, 4) is 5.75 Å². The molecule has 7 heteroatoms. The van der Waals surface area contributed by atoms with E-state index in [0.29, 0.717) is 0 Å². The fourth-order valence-electron chi connectivity index (χ4n) is 1.46. The van der Waals surface area contributed by atoms with Gasteiger partial charge in [-0.15, -0.1) is 0 Å². The number of anilines is 1. The summed E-state index contributed by atoms with van der Waals surface area (Å²) < 4.78 is 0. The number of carbonyl (C=O) groups is 2.